The summed E-state index contributed by atoms with van der Waals surface area (Å²) in [5, 5.41) is 0. The van der Waals surface area contributed by atoms with Crippen LogP contribution in [0.4, 0.5) is 13.2 Å². The third kappa shape index (κ3) is 4.65. The molecule has 172 valence electrons. The third-order valence-corrected chi connectivity index (χ3v) is 5.28. The SMILES string of the molecule is Cn1c(=O)c2c(nc(Oc3cccc(OC(F)(F)F)c3)n2Cc2cccc(Br)c2)n(C)c1=O. The van der Waals surface area contributed by atoms with Crippen LogP contribution in [-0.4, -0.2) is 25.0 Å². The van der Waals surface area contributed by atoms with Crippen molar-refractivity contribution in [2.24, 2.45) is 14.1 Å². The van der Waals surface area contributed by atoms with E-state index in [0.717, 1.165) is 26.7 Å². The van der Waals surface area contributed by atoms with Gasteiger partial charge in [-0.05, 0) is 29.8 Å². The average Bonchev–Trinajstić information content (AvgIpc) is 3.08. The van der Waals surface area contributed by atoms with Crippen molar-refractivity contribution < 1.29 is 22.6 Å². The number of aryl methyl sites for hydroxylation is 1. The van der Waals surface area contributed by atoms with Crippen molar-refractivity contribution in [2.45, 2.75) is 12.9 Å². The number of fused-ring (bicyclic) bond motifs is 1. The standard InChI is InChI=1S/C21H16BrF3N4O4/c1-27-17-16(18(30)28(2)20(27)31)29(11-12-5-3-6-13(22)9-12)19(26-17)32-14-7-4-8-15(10-14)33-21(23,24)25/h3-10H,11H2,1-2H3. The number of nitrogens with zero attached hydrogens (tertiary/aromatic N) is 4. The maximum absolute atomic E-state index is 12.9. The number of alkyl halides is 3. The van der Waals surface area contributed by atoms with E-state index in [9.17, 15) is 22.8 Å². The monoisotopic (exact) mass is 524 g/mol. The molecular weight excluding hydrogens is 509 g/mol. The number of imidazole rings is 1. The lowest BCUT2D eigenvalue weighted by atomic mass is 10.2. The molecule has 2 aromatic heterocycles. The first-order valence-electron chi connectivity index (χ1n) is 9.48. The number of hydrogen-bond donors (Lipinski definition) is 0. The van der Waals surface area contributed by atoms with Crippen LogP contribution in [-0.2, 0) is 20.6 Å². The second kappa shape index (κ2) is 8.43. The number of ether oxygens (including phenoxy) is 2. The smallest absolute Gasteiger partial charge is 0.425 e. The lowest BCUT2D eigenvalue weighted by Crippen LogP contribution is -2.37. The van der Waals surface area contributed by atoms with Crippen LogP contribution < -0.4 is 20.7 Å². The van der Waals surface area contributed by atoms with E-state index < -0.39 is 23.4 Å². The largest absolute Gasteiger partial charge is 0.573 e. The molecule has 0 atom stereocenters. The van der Waals surface area contributed by atoms with E-state index in [0.29, 0.717) is 0 Å². The number of aromatic nitrogens is 4. The lowest BCUT2D eigenvalue weighted by molar-refractivity contribution is -0.274. The number of halogens is 4. The molecule has 0 aliphatic carbocycles. The summed E-state index contributed by atoms with van der Waals surface area (Å²) >= 11 is 3.39. The maximum Gasteiger partial charge on any atom is 0.573 e. The van der Waals surface area contributed by atoms with E-state index in [1.165, 1.54) is 35.4 Å². The number of rotatable bonds is 5. The van der Waals surface area contributed by atoms with Gasteiger partial charge in [-0.2, -0.15) is 4.98 Å². The molecule has 2 aromatic carbocycles. The zero-order valence-corrected chi connectivity index (χ0v) is 18.8. The Labute approximate surface area is 192 Å². The third-order valence-electron chi connectivity index (χ3n) is 4.79. The minimum Gasteiger partial charge on any atom is -0.425 e. The Morgan fingerprint density at radius 3 is 2.39 bits per heavy atom. The van der Waals surface area contributed by atoms with Gasteiger partial charge in [0.25, 0.3) is 5.56 Å². The van der Waals surface area contributed by atoms with E-state index in [1.54, 1.807) is 0 Å². The summed E-state index contributed by atoms with van der Waals surface area (Å²) in [5.41, 5.74) is -0.182. The van der Waals surface area contributed by atoms with Crippen molar-refractivity contribution in [3.05, 3.63) is 79.4 Å². The van der Waals surface area contributed by atoms with Gasteiger partial charge in [-0.3, -0.25) is 18.5 Å². The molecule has 0 unspecified atom stereocenters. The molecule has 4 aromatic rings. The van der Waals surface area contributed by atoms with E-state index in [-0.39, 0.29) is 29.5 Å². The highest BCUT2D eigenvalue weighted by Crippen LogP contribution is 2.30. The van der Waals surface area contributed by atoms with Gasteiger partial charge in [-0.1, -0.05) is 34.1 Å². The lowest BCUT2D eigenvalue weighted by Gasteiger charge is -2.12. The van der Waals surface area contributed by atoms with E-state index in [4.69, 9.17) is 4.74 Å². The normalized spacial score (nSPS) is 11.7. The van der Waals surface area contributed by atoms with Gasteiger partial charge in [0.05, 0.1) is 6.54 Å². The Balaban J connectivity index is 1.86. The van der Waals surface area contributed by atoms with Crippen molar-refractivity contribution in [2.75, 3.05) is 0 Å². The van der Waals surface area contributed by atoms with Gasteiger partial charge in [0, 0.05) is 24.6 Å². The molecule has 0 aliphatic rings. The predicted molar refractivity (Wildman–Crippen MR) is 117 cm³/mol. The Hall–Kier alpha value is -3.54. The molecule has 0 amide bonds. The molecular formula is C21H16BrF3N4O4. The van der Waals surface area contributed by atoms with Gasteiger partial charge < -0.3 is 9.47 Å². The zero-order valence-electron chi connectivity index (χ0n) is 17.3. The second-order valence-corrected chi connectivity index (χ2v) is 8.03. The molecule has 0 saturated heterocycles. The van der Waals surface area contributed by atoms with Gasteiger partial charge in [0.1, 0.15) is 11.5 Å². The highest BCUT2D eigenvalue weighted by atomic mass is 79.9. The van der Waals surface area contributed by atoms with Crippen LogP contribution in [0.15, 0.2) is 62.6 Å². The van der Waals surface area contributed by atoms with E-state index in [1.807, 2.05) is 24.3 Å². The molecule has 0 bridgehead atoms. The van der Waals surface area contributed by atoms with Gasteiger partial charge in [0.15, 0.2) is 11.2 Å². The van der Waals surface area contributed by atoms with Crippen LogP contribution in [0.5, 0.6) is 17.5 Å². The first kappa shape index (κ1) is 22.6. The predicted octanol–water partition coefficient (Wildman–Crippen LogP) is 3.94. The van der Waals surface area contributed by atoms with Crippen LogP contribution in [0.2, 0.25) is 0 Å². The molecule has 0 fully saturated rings. The molecule has 0 aliphatic heterocycles. The van der Waals surface area contributed by atoms with Crippen LogP contribution in [0, 0.1) is 0 Å². The van der Waals surface area contributed by atoms with Crippen molar-refractivity contribution in [3.63, 3.8) is 0 Å². The fourth-order valence-electron chi connectivity index (χ4n) is 3.31. The Kier molecular flexibility index (Phi) is 5.78. The Bertz CT molecular complexity index is 1470. The molecule has 8 nitrogen and oxygen atoms in total. The highest BCUT2D eigenvalue weighted by molar-refractivity contribution is 9.10. The summed E-state index contributed by atoms with van der Waals surface area (Å²) in [7, 11) is 2.81. The Morgan fingerprint density at radius 2 is 1.70 bits per heavy atom. The van der Waals surface area contributed by atoms with E-state index >= 15 is 0 Å². The zero-order chi connectivity index (χ0) is 23.9. The van der Waals surface area contributed by atoms with Crippen LogP contribution in [0.25, 0.3) is 11.2 Å². The van der Waals surface area contributed by atoms with Gasteiger partial charge in [0.2, 0.25) is 0 Å². The van der Waals surface area contributed by atoms with Crippen molar-refractivity contribution in [1.29, 1.82) is 0 Å². The maximum atomic E-state index is 12.9. The van der Waals surface area contributed by atoms with Crippen LogP contribution in [0.3, 0.4) is 0 Å². The molecule has 12 heteroatoms. The molecule has 0 N–H and O–H groups in total. The van der Waals surface area contributed by atoms with Gasteiger partial charge in [-0.15, -0.1) is 13.2 Å². The Morgan fingerprint density at radius 1 is 1.00 bits per heavy atom. The number of hydrogen-bond acceptors (Lipinski definition) is 5. The first-order chi connectivity index (χ1) is 15.5. The topological polar surface area (TPSA) is 80.3 Å². The fraction of sp³-hybridized carbons (Fsp3) is 0.190. The minimum atomic E-state index is -4.86. The average molecular weight is 525 g/mol. The van der Waals surface area contributed by atoms with Gasteiger partial charge >= 0.3 is 18.1 Å². The molecule has 0 spiro atoms. The summed E-state index contributed by atoms with van der Waals surface area (Å²) in [6, 6.07) is 12.2. The molecule has 0 radical (unpaired) electrons. The van der Waals surface area contributed by atoms with Crippen molar-refractivity contribution >= 4 is 27.1 Å². The van der Waals surface area contributed by atoms with Gasteiger partial charge in [-0.25, -0.2) is 4.79 Å². The quantitative estimate of drug-likeness (QED) is 0.395. The highest BCUT2D eigenvalue weighted by Gasteiger charge is 2.31. The number of benzene rings is 2. The summed E-state index contributed by atoms with van der Waals surface area (Å²) in [5.74, 6) is -0.470. The van der Waals surface area contributed by atoms with Crippen molar-refractivity contribution in [3.8, 4) is 17.5 Å². The first-order valence-corrected chi connectivity index (χ1v) is 10.3. The molecule has 2 heterocycles. The fourth-order valence-corrected chi connectivity index (χ4v) is 3.76. The summed E-state index contributed by atoms with van der Waals surface area (Å²) in [6.45, 7) is 0.150. The van der Waals surface area contributed by atoms with Crippen LogP contribution >= 0.6 is 15.9 Å². The second-order valence-electron chi connectivity index (χ2n) is 7.11. The summed E-state index contributed by atoms with van der Waals surface area (Å²) in [6.07, 6.45) is -4.86. The summed E-state index contributed by atoms with van der Waals surface area (Å²) < 4.78 is 51.9. The molecule has 33 heavy (non-hydrogen) atoms. The van der Waals surface area contributed by atoms with Crippen LogP contribution in [0.1, 0.15) is 5.56 Å². The minimum absolute atomic E-state index is 0.00405. The summed E-state index contributed by atoms with van der Waals surface area (Å²) in [4.78, 5) is 29.6. The molecule has 4 rings (SSSR count). The molecule has 0 saturated carbocycles. The van der Waals surface area contributed by atoms with Crippen molar-refractivity contribution in [1.82, 2.24) is 18.7 Å². The van der Waals surface area contributed by atoms with E-state index in [2.05, 4.69) is 25.7 Å².